The van der Waals surface area contributed by atoms with Gasteiger partial charge in [-0.2, -0.15) is 5.26 Å². The monoisotopic (exact) mass is 519 g/mol. The van der Waals surface area contributed by atoms with Gasteiger partial charge in [0.05, 0.1) is 41.2 Å². The first-order valence-corrected chi connectivity index (χ1v) is 13.0. The summed E-state index contributed by atoms with van der Waals surface area (Å²) in [7, 11) is 1.19. The lowest BCUT2D eigenvalue weighted by Gasteiger charge is -2.39. The van der Waals surface area contributed by atoms with Crippen LogP contribution in [0.4, 0.5) is 0 Å². The summed E-state index contributed by atoms with van der Waals surface area (Å²) in [4.78, 5) is 40.5. The maximum atomic E-state index is 13.0. The number of amides is 2. The fourth-order valence-electron chi connectivity index (χ4n) is 4.78. The number of hydrogen-bond acceptors (Lipinski definition) is 7. The molecule has 0 unspecified atom stereocenters. The van der Waals surface area contributed by atoms with Crippen LogP contribution in [0.5, 0.6) is 5.75 Å². The van der Waals surface area contributed by atoms with E-state index in [0.29, 0.717) is 22.9 Å². The van der Waals surface area contributed by atoms with E-state index >= 15 is 0 Å². The molecule has 8 nitrogen and oxygen atoms in total. The molecule has 0 saturated carbocycles. The van der Waals surface area contributed by atoms with Gasteiger partial charge in [0.1, 0.15) is 11.7 Å². The van der Waals surface area contributed by atoms with Crippen LogP contribution in [0.15, 0.2) is 28.8 Å². The molecule has 35 heavy (non-hydrogen) atoms. The van der Waals surface area contributed by atoms with Crippen LogP contribution >= 0.6 is 23.4 Å². The summed E-state index contributed by atoms with van der Waals surface area (Å²) in [5.41, 5.74) is 0.681. The molecule has 1 N–H and O–H groups in total. The zero-order chi connectivity index (χ0) is 25.7. The normalized spacial score (nSPS) is 24.5. The largest absolute Gasteiger partial charge is 0.492 e. The van der Waals surface area contributed by atoms with Gasteiger partial charge in [0.15, 0.2) is 0 Å². The van der Waals surface area contributed by atoms with Crippen molar-refractivity contribution in [2.45, 2.75) is 58.0 Å². The van der Waals surface area contributed by atoms with E-state index < -0.39 is 23.7 Å². The van der Waals surface area contributed by atoms with Crippen LogP contribution < -0.4 is 10.1 Å². The van der Waals surface area contributed by atoms with E-state index in [1.807, 2.05) is 25.7 Å². The molecule has 0 aromatic heterocycles. The number of likely N-dealkylation sites (tertiary alicyclic amines) is 1. The Bertz CT molecular complexity index is 1060. The minimum absolute atomic E-state index is 0.0514. The van der Waals surface area contributed by atoms with Gasteiger partial charge in [-0.3, -0.25) is 14.4 Å². The van der Waals surface area contributed by atoms with E-state index in [1.54, 1.807) is 18.2 Å². The molecule has 2 heterocycles. The van der Waals surface area contributed by atoms with Crippen molar-refractivity contribution in [1.82, 2.24) is 10.2 Å². The average Bonchev–Trinajstić information content (AvgIpc) is 2.83. The van der Waals surface area contributed by atoms with Gasteiger partial charge in [0.25, 0.3) is 0 Å². The molecule has 1 fully saturated rings. The highest BCUT2D eigenvalue weighted by molar-refractivity contribution is 8.03. The number of benzene rings is 1. The molecule has 0 bridgehead atoms. The maximum absolute atomic E-state index is 13.0. The molecule has 1 aromatic carbocycles. The van der Waals surface area contributed by atoms with Crippen molar-refractivity contribution < 1.29 is 23.9 Å². The number of methoxy groups -OCH3 is 1. The number of rotatable bonds is 7. The van der Waals surface area contributed by atoms with Crippen molar-refractivity contribution in [3.63, 3.8) is 0 Å². The zero-order valence-electron chi connectivity index (χ0n) is 20.3. The first-order valence-electron chi connectivity index (χ1n) is 11.6. The van der Waals surface area contributed by atoms with Crippen LogP contribution in [0.2, 0.25) is 5.02 Å². The number of hydrogen-bond donors (Lipinski definition) is 1. The van der Waals surface area contributed by atoms with Crippen LogP contribution in [0.1, 0.15) is 51.5 Å². The predicted molar refractivity (Wildman–Crippen MR) is 134 cm³/mol. The number of nitrogens with one attached hydrogen (secondary N) is 1. The molecule has 3 rings (SSSR count). The highest BCUT2D eigenvalue weighted by Crippen LogP contribution is 2.42. The molecular formula is C25H30ClN3O5S. The minimum Gasteiger partial charge on any atom is -0.492 e. The summed E-state index contributed by atoms with van der Waals surface area (Å²) in [6.07, 6.45) is 2.98. The van der Waals surface area contributed by atoms with Crippen LogP contribution in [0, 0.1) is 17.2 Å². The highest BCUT2D eigenvalue weighted by atomic mass is 35.5. The number of esters is 1. The van der Waals surface area contributed by atoms with Gasteiger partial charge >= 0.3 is 5.97 Å². The number of carbonyl (C=O) groups is 3. The topological polar surface area (TPSA) is 109 Å². The summed E-state index contributed by atoms with van der Waals surface area (Å²) in [5.74, 6) is -3.08. The van der Waals surface area contributed by atoms with E-state index in [0.717, 1.165) is 31.0 Å². The Morgan fingerprint density at radius 1 is 1.29 bits per heavy atom. The summed E-state index contributed by atoms with van der Waals surface area (Å²) < 4.78 is 10.4. The second-order valence-corrected chi connectivity index (χ2v) is 10.1. The Kier molecular flexibility index (Phi) is 9.09. The molecule has 0 aliphatic carbocycles. The quantitative estimate of drug-likeness (QED) is 0.428. The fourth-order valence-corrected chi connectivity index (χ4v) is 5.95. The first kappa shape index (κ1) is 26.9. The van der Waals surface area contributed by atoms with E-state index in [-0.39, 0.29) is 34.3 Å². The maximum Gasteiger partial charge on any atom is 0.319 e. The number of nitrogens with zero attached hydrogens (tertiary/aromatic N) is 2. The van der Waals surface area contributed by atoms with Crippen molar-refractivity contribution in [2.75, 3.05) is 19.5 Å². The molecular weight excluding hydrogens is 490 g/mol. The number of thioether (sulfide) groups is 1. The van der Waals surface area contributed by atoms with Gasteiger partial charge in [-0.1, -0.05) is 29.4 Å². The second kappa shape index (κ2) is 11.8. The Morgan fingerprint density at radius 2 is 1.97 bits per heavy atom. The molecule has 0 radical (unpaired) electrons. The van der Waals surface area contributed by atoms with Gasteiger partial charge in [0.2, 0.25) is 11.8 Å². The van der Waals surface area contributed by atoms with Crippen molar-refractivity contribution >= 4 is 41.1 Å². The number of ether oxygens (including phenoxy) is 2. The fraction of sp³-hybridized carbons (Fsp3) is 0.520. The zero-order valence-corrected chi connectivity index (χ0v) is 21.9. The van der Waals surface area contributed by atoms with Gasteiger partial charge in [0, 0.05) is 18.0 Å². The van der Waals surface area contributed by atoms with Crippen LogP contribution in [-0.2, 0) is 19.1 Å². The minimum atomic E-state index is -1.27. The first-order chi connectivity index (χ1) is 16.7. The van der Waals surface area contributed by atoms with Crippen LogP contribution in [0.25, 0.3) is 0 Å². The third-order valence-electron chi connectivity index (χ3n) is 6.42. The number of nitriles is 1. The Balaban J connectivity index is 1.96. The molecule has 1 saturated heterocycles. The average molecular weight is 520 g/mol. The van der Waals surface area contributed by atoms with E-state index in [9.17, 15) is 19.6 Å². The highest BCUT2D eigenvalue weighted by Gasteiger charge is 2.44. The van der Waals surface area contributed by atoms with Crippen molar-refractivity contribution in [1.29, 1.82) is 5.26 Å². The SMILES string of the molecule is CCOc1ccc([C@@H]2C(C#N)=C(SCC(=O)N3[C@H](C)CCC[C@@H]3C)NC(=O)[C@H]2C(=O)OC)cc1Cl. The summed E-state index contributed by atoms with van der Waals surface area (Å²) in [6.45, 7) is 6.32. The standard InChI is InChI=1S/C25H30ClN3O5S/c1-5-34-19-10-9-16(11-18(19)26)21-17(12-27)24(28-23(31)22(21)25(32)33-4)35-13-20(30)29-14(2)7-6-8-15(29)3/h9-11,14-15,21-22H,5-8,13H2,1-4H3,(H,28,31)/t14-,15+,21-,22+/m1/s1. The summed E-state index contributed by atoms with van der Waals surface area (Å²) in [5, 5.41) is 13.3. The number of allylic oxidation sites excluding steroid dienone is 1. The molecule has 2 aliphatic rings. The Hall–Kier alpha value is -2.70. The summed E-state index contributed by atoms with van der Waals surface area (Å²) in [6, 6.07) is 7.34. The lowest BCUT2D eigenvalue weighted by Crippen LogP contribution is -2.48. The van der Waals surface area contributed by atoms with Crippen LogP contribution in [0.3, 0.4) is 0 Å². The smallest absolute Gasteiger partial charge is 0.319 e. The van der Waals surface area contributed by atoms with Crippen molar-refractivity contribution in [3.8, 4) is 11.8 Å². The molecule has 10 heteroatoms. The van der Waals surface area contributed by atoms with Gasteiger partial charge < -0.3 is 19.7 Å². The summed E-state index contributed by atoms with van der Waals surface area (Å²) >= 11 is 7.47. The van der Waals surface area contributed by atoms with Gasteiger partial charge in [-0.05, 0) is 57.7 Å². The lowest BCUT2D eigenvalue weighted by molar-refractivity contribution is -0.150. The molecule has 188 valence electrons. The second-order valence-electron chi connectivity index (χ2n) is 8.66. The molecule has 4 atom stereocenters. The predicted octanol–water partition coefficient (Wildman–Crippen LogP) is 4.00. The van der Waals surface area contributed by atoms with E-state index in [4.69, 9.17) is 21.1 Å². The number of halogens is 1. The van der Waals surface area contributed by atoms with E-state index in [2.05, 4.69) is 11.4 Å². The number of carbonyl (C=O) groups excluding carboxylic acids is 3. The molecule has 2 aliphatic heterocycles. The third-order valence-corrected chi connectivity index (χ3v) is 7.72. The Morgan fingerprint density at radius 3 is 2.54 bits per heavy atom. The lowest BCUT2D eigenvalue weighted by atomic mass is 9.78. The van der Waals surface area contributed by atoms with E-state index in [1.165, 1.54) is 7.11 Å². The van der Waals surface area contributed by atoms with Gasteiger partial charge in [-0.15, -0.1) is 0 Å². The van der Waals surface area contributed by atoms with Gasteiger partial charge in [-0.25, -0.2) is 0 Å². The number of piperidine rings is 1. The molecule has 2 amide bonds. The third kappa shape index (κ3) is 5.76. The van der Waals surface area contributed by atoms with Crippen molar-refractivity contribution in [2.24, 2.45) is 5.92 Å². The molecule has 0 spiro atoms. The van der Waals surface area contributed by atoms with Crippen molar-refractivity contribution in [3.05, 3.63) is 39.4 Å². The molecule has 1 aromatic rings. The van der Waals surface area contributed by atoms with Crippen LogP contribution in [-0.4, -0.2) is 54.2 Å². The Labute approximate surface area is 215 Å².